The van der Waals surface area contributed by atoms with Crippen molar-refractivity contribution in [2.24, 2.45) is 0 Å². The van der Waals surface area contributed by atoms with Crippen LogP contribution in [0.1, 0.15) is 13.8 Å². The van der Waals surface area contributed by atoms with E-state index in [9.17, 15) is 0 Å². The zero-order chi connectivity index (χ0) is 15.2. The lowest BCUT2D eigenvalue weighted by Crippen LogP contribution is -2.03. The van der Waals surface area contributed by atoms with E-state index in [0.29, 0.717) is 18.8 Å². The van der Waals surface area contributed by atoms with Crippen LogP contribution in [-0.4, -0.2) is 74.8 Å². The molecule has 0 amide bonds. The molecule has 0 saturated carbocycles. The van der Waals surface area contributed by atoms with Gasteiger partial charge in [-0.2, -0.15) is 0 Å². The Bertz CT molecular complexity index is 209. The standard InChI is InChI=1S/C6H10O2.C3H8O2.C3H6O.C2H4O/c1-2-3-7-4-6-5-8-6;1-3(5)2-4;1-3-2-4-3;1-2-3-1/h2,6H,1,3-5H2;3-5H,2H2,1H3;3H,2H2,1H3;1-2H2. The minimum absolute atomic E-state index is 0.139. The lowest BCUT2D eigenvalue weighted by atomic mass is 10.5. The van der Waals surface area contributed by atoms with E-state index in [2.05, 4.69) is 18.2 Å². The number of aliphatic hydroxyl groups excluding tert-OH is 2. The Hall–Kier alpha value is -0.500. The Labute approximate surface area is 121 Å². The molecular weight excluding hydrogens is 264 g/mol. The molecule has 6 nitrogen and oxygen atoms in total. The third-order valence-corrected chi connectivity index (χ3v) is 1.91. The number of aliphatic hydroxyl groups is 2. The second-order valence-electron chi connectivity index (χ2n) is 4.57. The fraction of sp³-hybridized carbons (Fsp3) is 0.857. The number of hydrogen-bond acceptors (Lipinski definition) is 6. The van der Waals surface area contributed by atoms with Crippen LogP contribution < -0.4 is 0 Å². The molecule has 2 N–H and O–H groups in total. The molecule has 3 heterocycles. The minimum Gasteiger partial charge on any atom is -0.394 e. The summed E-state index contributed by atoms with van der Waals surface area (Å²) in [6.45, 7) is 12.2. The molecule has 120 valence electrons. The summed E-state index contributed by atoms with van der Waals surface area (Å²) >= 11 is 0. The van der Waals surface area contributed by atoms with Crippen molar-refractivity contribution >= 4 is 0 Å². The molecule has 3 saturated heterocycles. The molecule has 3 unspecified atom stereocenters. The Morgan fingerprint density at radius 1 is 1.35 bits per heavy atom. The number of epoxide rings is 3. The molecule has 0 spiro atoms. The maximum absolute atomic E-state index is 8.11. The molecule has 3 rings (SSSR count). The number of hydrogen-bond donors (Lipinski definition) is 2. The van der Waals surface area contributed by atoms with Gasteiger partial charge in [0.05, 0.1) is 58.5 Å². The van der Waals surface area contributed by atoms with Gasteiger partial charge in [-0.25, -0.2) is 0 Å². The second kappa shape index (κ2) is 13.5. The molecule has 3 aliphatic rings. The van der Waals surface area contributed by atoms with Gasteiger partial charge >= 0.3 is 0 Å². The Morgan fingerprint density at radius 3 is 2.00 bits per heavy atom. The van der Waals surface area contributed by atoms with E-state index in [1.807, 2.05) is 0 Å². The molecule has 0 radical (unpaired) electrons. The van der Waals surface area contributed by atoms with E-state index in [-0.39, 0.29) is 6.61 Å². The van der Waals surface area contributed by atoms with Gasteiger partial charge in [0.15, 0.2) is 0 Å². The summed E-state index contributed by atoms with van der Waals surface area (Å²) in [6, 6.07) is 0. The van der Waals surface area contributed by atoms with Crippen molar-refractivity contribution in [3.8, 4) is 0 Å². The molecular formula is C14H28O6. The zero-order valence-corrected chi connectivity index (χ0v) is 12.5. The summed E-state index contributed by atoms with van der Waals surface area (Å²) in [4.78, 5) is 0. The Balaban J connectivity index is 0.000000258. The van der Waals surface area contributed by atoms with Crippen molar-refractivity contribution in [3.63, 3.8) is 0 Å². The molecule has 3 aliphatic heterocycles. The molecule has 0 aromatic rings. The van der Waals surface area contributed by atoms with Crippen LogP contribution in [0.5, 0.6) is 0 Å². The van der Waals surface area contributed by atoms with Crippen molar-refractivity contribution in [1.29, 1.82) is 0 Å². The van der Waals surface area contributed by atoms with E-state index in [1.54, 1.807) is 6.08 Å². The van der Waals surface area contributed by atoms with Gasteiger partial charge in [-0.15, -0.1) is 6.58 Å². The van der Waals surface area contributed by atoms with Crippen LogP contribution in [0.25, 0.3) is 0 Å². The van der Waals surface area contributed by atoms with Gasteiger partial charge in [0.2, 0.25) is 0 Å². The third-order valence-electron chi connectivity index (χ3n) is 1.91. The van der Waals surface area contributed by atoms with Crippen LogP contribution in [0.15, 0.2) is 12.7 Å². The second-order valence-corrected chi connectivity index (χ2v) is 4.57. The first-order valence-corrected chi connectivity index (χ1v) is 6.88. The minimum atomic E-state index is -0.560. The summed E-state index contributed by atoms with van der Waals surface area (Å²) in [5, 5.41) is 16.0. The van der Waals surface area contributed by atoms with Gasteiger partial charge in [-0.1, -0.05) is 6.08 Å². The van der Waals surface area contributed by atoms with Crippen molar-refractivity contribution in [2.75, 3.05) is 46.2 Å². The number of ether oxygens (including phenoxy) is 4. The van der Waals surface area contributed by atoms with E-state index in [4.69, 9.17) is 24.4 Å². The van der Waals surface area contributed by atoms with Crippen LogP contribution in [-0.2, 0) is 18.9 Å². The molecule has 3 fully saturated rings. The highest BCUT2D eigenvalue weighted by atomic mass is 16.6. The predicted molar refractivity (Wildman–Crippen MR) is 75.8 cm³/mol. The summed E-state index contributed by atoms with van der Waals surface area (Å²) in [5.41, 5.74) is 0. The highest BCUT2D eigenvalue weighted by Crippen LogP contribution is 2.07. The monoisotopic (exact) mass is 292 g/mol. The van der Waals surface area contributed by atoms with Gasteiger partial charge in [0.1, 0.15) is 6.10 Å². The average molecular weight is 292 g/mol. The Morgan fingerprint density at radius 2 is 1.80 bits per heavy atom. The first kappa shape index (κ1) is 19.5. The highest BCUT2D eigenvalue weighted by Gasteiger charge is 2.21. The lowest BCUT2D eigenvalue weighted by Gasteiger charge is -1.92. The molecule has 0 bridgehead atoms. The summed E-state index contributed by atoms with van der Waals surface area (Å²) in [5.74, 6) is 0. The average Bonchev–Trinajstić information content (AvgIpc) is 3.29. The maximum atomic E-state index is 8.11. The smallest absolute Gasteiger partial charge is 0.104 e. The third kappa shape index (κ3) is 26.1. The van der Waals surface area contributed by atoms with Gasteiger partial charge in [0, 0.05) is 0 Å². The van der Waals surface area contributed by atoms with E-state index in [1.165, 1.54) is 6.92 Å². The van der Waals surface area contributed by atoms with E-state index < -0.39 is 6.10 Å². The fourth-order valence-electron chi connectivity index (χ4n) is 0.543. The molecule has 6 heteroatoms. The van der Waals surface area contributed by atoms with E-state index >= 15 is 0 Å². The van der Waals surface area contributed by atoms with Gasteiger partial charge in [-0.3, -0.25) is 0 Å². The lowest BCUT2D eigenvalue weighted by molar-refractivity contribution is 0.110. The van der Waals surface area contributed by atoms with Crippen LogP contribution in [0.3, 0.4) is 0 Å². The van der Waals surface area contributed by atoms with Crippen molar-refractivity contribution in [1.82, 2.24) is 0 Å². The summed E-state index contributed by atoms with van der Waals surface area (Å²) in [7, 11) is 0. The van der Waals surface area contributed by atoms with Crippen LogP contribution in [0.2, 0.25) is 0 Å². The summed E-state index contributed by atoms with van der Waals surface area (Å²) in [6.07, 6.45) is 2.15. The van der Waals surface area contributed by atoms with E-state index in [0.717, 1.165) is 33.0 Å². The fourth-order valence-corrected chi connectivity index (χ4v) is 0.543. The SMILES string of the molecule is C1CO1.C=CCOCC1CO1.CC(O)CO.CC1CO1. The Kier molecular flexibility index (Phi) is 13.1. The first-order valence-electron chi connectivity index (χ1n) is 6.88. The topological polar surface area (TPSA) is 87.3 Å². The normalized spacial score (nSPS) is 25.4. The molecule has 3 atom stereocenters. The highest BCUT2D eigenvalue weighted by molar-refractivity contribution is 4.70. The zero-order valence-electron chi connectivity index (χ0n) is 12.5. The summed E-state index contributed by atoms with van der Waals surface area (Å²) < 4.78 is 19.2. The maximum Gasteiger partial charge on any atom is 0.104 e. The van der Waals surface area contributed by atoms with Gasteiger partial charge < -0.3 is 29.2 Å². The van der Waals surface area contributed by atoms with Crippen molar-refractivity contribution in [2.45, 2.75) is 32.2 Å². The molecule has 0 aliphatic carbocycles. The molecule has 0 aromatic carbocycles. The van der Waals surface area contributed by atoms with Gasteiger partial charge in [0.25, 0.3) is 0 Å². The van der Waals surface area contributed by atoms with Crippen molar-refractivity contribution < 1.29 is 29.2 Å². The number of rotatable bonds is 5. The van der Waals surface area contributed by atoms with Gasteiger partial charge in [-0.05, 0) is 13.8 Å². The molecule has 20 heavy (non-hydrogen) atoms. The largest absolute Gasteiger partial charge is 0.394 e. The predicted octanol–water partition coefficient (Wildman–Crippen LogP) is 0.369. The van der Waals surface area contributed by atoms with Crippen LogP contribution >= 0.6 is 0 Å². The van der Waals surface area contributed by atoms with Crippen LogP contribution in [0.4, 0.5) is 0 Å². The van der Waals surface area contributed by atoms with Crippen molar-refractivity contribution in [3.05, 3.63) is 12.7 Å². The van der Waals surface area contributed by atoms with Crippen LogP contribution in [0, 0.1) is 0 Å². The quantitative estimate of drug-likeness (QED) is 0.432. The first-order chi connectivity index (χ1) is 9.60. The molecule has 0 aromatic heterocycles.